The molecule has 1 aliphatic carbocycles. The van der Waals surface area contributed by atoms with E-state index >= 15 is 0 Å². The van der Waals surface area contributed by atoms with Crippen LogP contribution < -0.4 is 11.1 Å². The average molecular weight is 348 g/mol. The number of aromatic nitrogens is 2. The van der Waals surface area contributed by atoms with Crippen molar-refractivity contribution in [3.8, 4) is 0 Å². The number of aliphatic hydroxyl groups is 1. The normalized spacial score (nSPS) is 21.8. The molecule has 25 heavy (non-hydrogen) atoms. The molecule has 0 aliphatic heterocycles. The Bertz CT molecular complexity index is 614. The van der Waals surface area contributed by atoms with Gasteiger partial charge in [-0.2, -0.15) is 0 Å². The molecule has 0 atom stereocenters. The van der Waals surface area contributed by atoms with E-state index in [4.69, 9.17) is 5.73 Å². The average Bonchev–Trinajstić information content (AvgIpc) is 2.48. The molecule has 6 heteroatoms. The smallest absolute Gasteiger partial charge is 0.252 e. The first-order valence-electron chi connectivity index (χ1n) is 9.10. The minimum atomic E-state index is -0.493. The first-order valence-corrected chi connectivity index (χ1v) is 9.10. The van der Waals surface area contributed by atoms with Gasteiger partial charge in [0.1, 0.15) is 0 Å². The zero-order chi connectivity index (χ0) is 18.8. The Hall–Kier alpha value is -1.69. The van der Waals surface area contributed by atoms with Crippen LogP contribution in [0.25, 0.3) is 0 Å². The molecule has 0 saturated heterocycles. The molecule has 1 aromatic rings. The summed E-state index contributed by atoms with van der Waals surface area (Å²) in [7, 11) is 0. The number of amides is 1. The fourth-order valence-electron chi connectivity index (χ4n) is 2.91. The van der Waals surface area contributed by atoms with Crippen LogP contribution in [0.4, 0.5) is 5.95 Å². The monoisotopic (exact) mass is 348 g/mol. The van der Waals surface area contributed by atoms with Gasteiger partial charge in [0.05, 0.1) is 17.4 Å². The van der Waals surface area contributed by atoms with Crippen molar-refractivity contribution in [3.05, 3.63) is 17.5 Å². The summed E-state index contributed by atoms with van der Waals surface area (Å²) in [6.07, 6.45) is 5.36. The molecule has 1 fully saturated rings. The lowest BCUT2D eigenvalue weighted by atomic mass is 9.66. The summed E-state index contributed by atoms with van der Waals surface area (Å²) in [5.74, 6) is 0.0400. The Balaban J connectivity index is 2.23. The SMILES string of the molecule is CC(C)(C)C(C)(C)Cc1nc(NC2CCC(O)CC2)ncc1C(N)=O. The van der Waals surface area contributed by atoms with Crippen LogP contribution in [-0.4, -0.2) is 33.1 Å². The maximum Gasteiger partial charge on any atom is 0.252 e. The van der Waals surface area contributed by atoms with Crippen LogP contribution in [0.15, 0.2) is 6.20 Å². The van der Waals surface area contributed by atoms with E-state index < -0.39 is 5.91 Å². The molecule has 140 valence electrons. The number of nitrogens with zero attached hydrogens (tertiary/aromatic N) is 2. The van der Waals surface area contributed by atoms with E-state index in [1.54, 1.807) is 0 Å². The molecule has 4 N–H and O–H groups in total. The number of hydrogen-bond acceptors (Lipinski definition) is 5. The highest BCUT2D eigenvalue weighted by molar-refractivity contribution is 5.93. The van der Waals surface area contributed by atoms with E-state index in [2.05, 4.69) is 49.9 Å². The van der Waals surface area contributed by atoms with Crippen LogP contribution in [0.2, 0.25) is 0 Å². The van der Waals surface area contributed by atoms with Crippen molar-refractivity contribution < 1.29 is 9.90 Å². The summed E-state index contributed by atoms with van der Waals surface area (Å²) >= 11 is 0. The number of hydrogen-bond donors (Lipinski definition) is 3. The molecule has 1 saturated carbocycles. The van der Waals surface area contributed by atoms with Crippen LogP contribution >= 0.6 is 0 Å². The third-order valence-electron chi connectivity index (χ3n) is 5.80. The molecule has 1 aromatic heterocycles. The Kier molecular flexibility index (Phi) is 5.72. The van der Waals surface area contributed by atoms with Gasteiger partial charge in [0.2, 0.25) is 5.95 Å². The van der Waals surface area contributed by atoms with Crippen molar-refractivity contribution >= 4 is 11.9 Å². The minimum Gasteiger partial charge on any atom is -0.393 e. The van der Waals surface area contributed by atoms with E-state index in [1.165, 1.54) is 6.20 Å². The fraction of sp³-hybridized carbons (Fsp3) is 0.737. The van der Waals surface area contributed by atoms with E-state index in [0.29, 0.717) is 23.6 Å². The van der Waals surface area contributed by atoms with Crippen LogP contribution in [0.3, 0.4) is 0 Å². The molecular weight excluding hydrogens is 316 g/mol. The Morgan fingerprint density at radius 1 is 1.24 bits per heavy atom. The number of carbonyl (C=O) groups is 1. The quantitative estimate of drug-likeness (QED) is 0.759. The van der Waals surface area contributed by atoms with Gasteiger partial charge in [-0.05, 0) is 42.9 Å². The molecule has 1 aliphatic rings. The number of nitrogens with one attached hydrogen (secondary N) is 1. The molecule has 1 amide bonds. The van der Waals surface area contributed by atoms with Gasteiger partial charge in [-0.25, -0.2) is 9.97 Å². The van der Waals surface area contributed by atoms with Gasteiger partial charge >= 0.3 is 0 Å². The van der Waals surface area contributed by atoms with Crippen molar-refractivity contribution in [2.75, 3.05) is 5.32 Å². The molecule has 1 heterocycles. The standard InChI is InChI=1S/C19H32N4O2/c1-18(2,3)19(4,5)10-15-14(16(20)25)11-21-17(23-15)22-12-6-8-13(24)9-7-12/h11-13,24H,6-10H2,1-5H3,(H2,20,25)(H,21,22,23). The lowest BCUT2D eigenvalue weighted by molar-refractivity contribution is 0.0992. The lowest BCUT2D eigenvalue weighted by Gasteiger charge is -2.39. The second-order valence-electron chi connectivity index (χ2n) is 8.88. The predicted octanol–water partition coefficient (Wildman–Crippen LogP) is 2.91. The zero-order valence-corrected chi connectivity index (χ0v) is 16.1. The molecule has 0 spiro atoms. The number of aliphatic hydroxyl groups excluding tert-OH is 1. The molecule has 0 unspecified atom stereocenters. The predicted molar refractivity (Wildman–Crippen MR) is 99.4 cm³/mol. The zero-order valence-electron chi connectivity index (χ0n) is 16.1. The number of carbonyl (C=O) groups excluding carboxylic acids is 1. The van der Waals surface area contributed by atoms with Gasteiger partial charge in [0.25, 0.3) is 5.91 Å². The van der Waals surface area contributed by atoms with Gasteiger partial charge < -0.3 is 16.2 Å². The Morgan fingerprint density at radius 3 is 2.36 bits per heavy atom. The van der Waals surface area contributed by atoms with E-state index in [9.17, 15) is 9.90 Å². The van der Waals surface area contributed by atoms with Crippen LogP contribution in [0.1, 0.15) is 76.4 Å². The maximum atomic E-state index is 11.8. The van der Waals surface area contributed by atoms with Crippen molar-refractivity contribution in [2.24, 2.45) is 16.6 Å². The minimum absolute atomic E-state index is 0.0555. The van der Waals surface area contributed by atoms with Crippen LogP contribution in [0.5, 0.6) is 0 Å². The number of nitrogens with two attached hydrogens (primary N) is 1. The second kappa shape index (κ2) is 7.28. The highest BCUT2D eigenvalue weighted by atomic mass is 16.3. The number of rotatable bonds is 5. The number of anilines is 1. The van der Waals surface area contributed by atoms with Crippen molar-refractivity contribution in [1.29, 1.82) is 0 Å². The number of primary amides is 1. The molecule has 2 rings (SSSR count). The van der Waals surface area contributed by atoms with Crippen LogP contribution in [0, 0.1) is 10.8 Å². The fourth-order valence-corrected chi connectivity index (χ4v) is 2.91. The summed E-state index contributed by atoms with van der Waals surface area (Å²) in [5, 5.41) is 13.0. The van der Waals surface area contributed by atoms with Crippen molar-refractivity contribution in [3.63, 3.8) is 0 Å². The maximum absolute atomic E-state index is 11.8. The highest BCUT2D eigenvalue weighted by Gasteiger charge is 2.34. The topological polar surface area (TPSA) is 101 Å². The lowest BCUT2D eigenvalue weighted by Crippen LogP contribution is -2.33. The van der Waals surface area contributed by atoms with Crippen molar-refractivity contribution in [1.82, 2.24) is 9.97 Å². The van der Waals surface area contributed by atoms with E-state index in [0.717, 1.165) is 25.7 Å². The van der Waals surface area contributed by atoms with Crippen LogP contribution in [-0.2, 0) is 6.42 Å². The second-order valence-corrected chi connectivity index (χ2v) is 8.88. The first kappa shape index (κ1) is 19.6. The molecule has 0 aromatic carbocycles. The van der Waals surface area contributed by atoms with E-state index in [1.807, 2.05) is 0 Å². The highest BCUT2D eigenvalue weighted by Crippen LogP contribution is 2.40. The van der Waals surface area contributed by atoms with E-state index in [-0.39, 0.29) is 23.0 Å². The summed E-state index contributed by atoms with van der Waals surface area (Å²) < 4.78 is 0. The van der Waals surface area contributed by atoms with Crippen molar-refractivity contribution in [2.45, 2.75) is 78.9 Å². The molecule has 6 nitrogen and oxygen atoms in total. The van der Waals surface area contributed by atoms with Gasteiger partial charge in [-0.15, -0.1) is 0 Å². The molecule has 0 bridgehead atoms. The Morgan fingerprint density at radius 2 is 1.84 bits per heavy atom. The third kappa shape index (κ3) is 4.91. The summed E-state index contributed by atoms with van der Waals surface area (Å²) in [4.78, 5) is 20.7. The van der Waals surface area contributed by atoms with Gasteiger partial charge in [0.15, 0.2) is 0 Å². The third-order valence-corrected chi connectivity index (χ3v) is 5.80. The first-order chi connectivity index (χ1) is 11.5. The Labute approximate surface area is 150 Å². The van der Waals surface area contributed by atoms with Gasteiger partial charge in [-0.1, -0.05) is 34.6 Å². The van der Waals surface area contributed by atoms with Gasteiger partial charge in [-0.3, -0.25) is 4.79 Å². The summed E-state index contributed by atoms with van der Waals surface area (Å²) in [6.45, 7) is 10.9. The summed E-state index contributed by atoms with van der Waals surface area (Å²) in [5.41, 5.74) is 6.61. The summed E-state index contributed by atoms with van der Waals surface area (Å²) in [6, 6.07) is 0.256. The largest absolute Gasteiger partial charge is 0.393 e. The molecular formula is C19H32N4O2. The van der Waals surface area contributed by atoms with Gasteiger partial charge in [0, 0.05) is 12.2 Å². The molecule has 0 radical (unpaired) electrons.